The molecule has 0 unspecified atom stereocenters. The highest BCUT2D eigenvalue weighted by atomic mass is 16.4. The summed E-state index contributed by atoms with van der Waals surface area (Å²) in [5.41, 5.74) is 0.436. The smallest absolute Gasteiger partial charge is 0.326 e. The van der Waals surface area contributed by atoms with Gasteiger partial charge in [0.05, 0.1) is 0 Å². The highest BCUT2D eigenvalue weighted by molar-refractivity contribution is 5.82. The number of nitrogens with one attached hydrogen (secondary N) is 2. The first-order valence-corrected chi connectivity index (χ1v) is 6.91. The Morgan fingerprint density at radius 2 is 1.74 bits per heavy atom. The van der Waals surface area contributed by atoms with E-state index < -0.39 is 12.0 Å². The van der Waals surface area contributed by atoms with Crippen LogP contribution in [0, 0.1) is 16.7 Å². The van der Waals surface area contributed by atoms with Crippen LogP contribution in [0.4, 0.5) is 4.79 Å². The fourth-order valence-electron chi connectivity index (χ4n) is 2.79. The molecule has 0 aromatic heterocycles. The van der Waals surface area contributed by atoms with E-state index >= 15 is 0 Å². The molecule has 2 amide bonds. The lowest BCUT2D eigenvalue weighted by atomic mass is 10.0. The summed E-state index contributed by atoms with van der Waals surface area (Å²) in [6.07, 6.45) is 1.17. The Morgan fingerprint density at radius 3 is 2.11 bits per heavy atom. The average molecular weight is 270 g/mol. The summed E-state index contributed by atoms with van der Waals surface area (Å²) in [6, 6.07) is -1.19. The Kier molecular flexibility index (Phi) is 4.48. The maximum atomic E-state index is 11.7. The molecule has 19 heavy (non-hydrogen) atoms. The van der Waals surface area contributed by atoms with Gasteiger partial charge in [0.1, 0.15) is 6.04 Å². The van der Waals surface area contributed by atoms with Crippen LogP contribution >= 0.6 is 0 Å². The molecule has 1 atom stereocenters. The molecule has 3 N–H and O–H groups in total. The molecule has 0 spiro atoms. The summed E-state index contributed by atoms with van der Waals surface area (Å²) < 4.78 is 0. The van der Waals surface area contributed by atoms with E-state index in [2.05, 4.69) is 38.3 Å². The Bertz CT molecular complexity index is 350. The molecule has 0 heterocycles. The second-order valence-corrected chi connectivity index (χ2v) is 6.53. The number of carbonyl (C=O) groups is 2. The van der Waals surface area contributed by atoms with Gasteiger partial charge in [0.2, 0.25) is 0 Å². The quantitative estimate of drug-likeness (QED) is 0.692. The molecule has 0 aromatic carbocycles. The second kappa shape index (κ2) is 5.39. The van der Waals surface area contributed by atoms with Crippen molar-refractivity contribution in [2.75, 3.05) is 6.54 Å². The van der Waals surface area contributed by atoms with Crippen molar-refractivity contribution < 1.29 is 14.7 Å². The van der Waals surface area contributed by atoms with Crippen molar-refractivity contribution in [1.29, 1.82) is 0 Å². The first-order chi connectivity index (χ1) is 8.64. The van der Waals surface area contributed by atoms with Gasteiger partial charge < -0.3 is 15.7 Å². The third-order valence-corrected chi connectivity index (χ3v) is 4.97. The molecule has 5 nitrogen and oxygen atoms in total. The van der Waals surface area contributed by atoms with Crippen LogP contribution in [-0.2, 0) is 4.79 Å². The minimum absolute atomic E-state index is 0.218. The second-order valence-electron chi connectivity index (χ2n) is 6.53. The molecule has 1 saturated carbocycles. The molecule has 0 aromatic rings. The van der Waals surface area contributed by atoms with Gasteiger partial charge in [0.25, 0.3) is 0 Å². The van der Waals surface area contributed by atoms with Gasteiger partial charge in [0, 0.05) is 6.54 Å². The largest absolute Gasteiger partial charge is 0.480 e. The van der Waals surface area contributed by atoms with E-state index in [4.69, 9.17) is 5.11 Å². The molecule has 110 valence electrons. The zero-order chi connectivity index (χ0) is 14.8. The SMILES string of the molecule is CCC[C@@H](NC(=O)NCC1C(C)(C)C1(C)C)C(=O)O. The standard InChI is InChI=1S/C14H26N2O3/c1-6-7-9(11(17)18)16-12(19)15-8-10-13(2,3)14(10,4)5/h9-10H,6-8H2,1-5H3,(H,17,18)(H2,15,16,19)/t9-/m1/s1. The monoisotopic (exact) mass is 270 g/mol. The van der Waals surface area contributed by atoms with E-state index in [1.54, 1.807) is 0 Å². The van der Waals surface area contributed by atoms with Gasteiger partial charge in [-0.15, -0.1) is 0 Å². The van der Waals surface area contributed by atoms with Crippen molar-refractivity contribution in [2.45, 2.75) is 53.5 Å². The molecular weight excluding hydrogens is 244 g/mol. The topological polar surface area (TPSA) is 78.4 Å². The number of carboxylic acid groups (broad SMARTS) is 1. The van der Waals surface area contributed by atoms with Gasteiger partial charge in [-0.3, -0.25) is 0 Å². The number of hydrogen-bond acceptors (Lipinski definition) is 2. The zero-order valence-electron chi connectivity index (χ0n) is 12.5. The Hall–Kier alpha value is -1.26. The van der Waals surface area contributed by atoms with Crippen molar-refractivity contribution >= 4 is 12.0 Å². The predicted molar refractivity (Wildman–Crippen MR) is 73.9 cm³/mol. The Morgan fingerprint density at radius 1 is 1.21 bits per heavy atom. The van der Waals surface area contributed by atoms with Crippen LogP contribution in [0.1, 0.15) is 47.5 Å². The van der Waals surface area contributed by atoms with Crippen LogP contribution in [0.2, 0.25) is 0 Å². The fourth-order valence-corrected chi connectivity index (χ4v) is 2.79. The number of carbonyl (C=O) groups excluding carboxylic acids is 1. The summed E-state index contributed by atoms with van der Waals surface area (Å²) in [5, 5.41) is 14.3. The minimum Gasteiger partial charge on any atom is -0.480 e. The molecule has 0 radical (unpaired) electrons. The normalized spacial score (nSPS) is 21.5. The number of rotatable bonds is 6. The van der Waals surface area contributed by atoms with Crippen molar-refractivity contribution in [2.24, 2.45) is 16.7 Å². The van der Waals surface area contributed by atoms with Gasteiger partial charge >= 0.3 is 12.0 Å². The average Bonchev–Trinajstić information content (AvgIpc) is 2.66. The van der Waals surface area contributed by atoms with E-state index in [1.807, 2.05) is 6.92 Å². The van der Waals surface area contributed by atoms with Gasteiger partial charge in [0.15, 0.2) is 0 Å². The Labute approximate surface area is 115 Å². The first kappa shape index (κ1) is 15.8. The van der Waals surface area contributed by atoms with E-state index in [9.17, 15) is 9.59 Å². The lowest BCUT2D eigenvalue weighted by Crippen LogP contribution is -2.46. The van der Waals surface area contributed by atoms with Crippen LogP contribution in [0.5, 0.6) is 0 Å². The first-order valence-electron chi connectivity index (χ1n) is 6.91. The number of carboxylic acids is 1. The van der Waals surface area contributed by atoms with E-state index in [0.717, 1.165) is 6.42 Å². The zero-order valence-corrected chi connectivity index (χ0v) is 12.5. The molecule has 5 heteroatoms. The number of amides is 2. The molecular formula is C14H26N2O3. The minimum atomic E-state index is -0.982. The van der Waals surface area contributed by atoms with Gasteiger partial charge in [-0.1, -0.05) is 41.0 Å². The summed E-state index contributed by atoms with van der Waals surface area (Å²) in [5.74, 6) is -0.552. The van der Waals surface area contributed by atoms with Gasteiger partial charge in [-0.25, -0.2) is 9.59 Å². The lowest BCUT2D eigenvalue weighted by molar-refractivity contribution is -0.139. The highest BCUT2D eigenvalue weighted by Crippen LogP contribution is 2.67. The van der Waals surface area contributed by atoms with Gasteiger partial charge in [-0.2, -0.15) is 0 Å². The summed E-state index contributed by atoms with van der Waals surface area (Å²) in [6.45, 7) is 11.2. The van der Waals surface area contributed by atoms with E-state index in [1.165, 1.54) is 0 Å². The van der Waals surface area contributed by atoms with E-state index in [0.29, 0.717) is 18.9 Å². The molecule has 1 aliphatic carbocycles. The van der Waals surface area contributed by atoms with Crippen molar-refractivity contribution in [3.63, 3.8) is 0 Å². The van der Waals surface area contributed by atoms with Gasteiger partial charge in [-0.05, 0) is 23.2 Å². The highest BCUT2D eigenvalue weighted by Gasteiger charge is 2.64. The summed E-state index contributed by atoms with van der Waals surface area (Å²) >= 11 is 0. The number of aliphatic carboxylic acids is 1. The maximum Gasteiger partial charge on any atom is 0.326 e. The van der Waals surface area contributed by atoms with Crippen molar-refractivity contribution in [1.82, 2.24) is 10.6 Å². The summed E-state index contributed by atoms with van der Waals surface area (Å²) in [4.78, 5) is 22.6. The van der Waals surface area contributed by atoms with E-state index in [-0.39, 0.29) is 16.9 Å². The predicted octanol–water partition coefficient (Wildman–Crippen LogP) is 2.22. The Balaban J connectivity index is 2.39. The van der Waals surface area contributed by atoms with Crippen LogP contribution in [-0.4, -0.2) is 29.7 Å². The van der Waals surface area contributed by atoms with Crippen molar-refractivity contribution in [3.8, 4) is 0 Å². The third-order valence-electron chi connectivity index (χ3n) is 4.97. The third kappa shape index (κ3) is 3.19. The molecule has 1 rings (SSSR count). The van der Waals surface area contributed by atoms with Crippen LogP contribution in [0.25, 0.3) is 0 Å². The molecule has 0 saturated heterocycles. The molecule has 1 fully saturated rings. The molecule has 0 aliphatic heterocycles. The summed E-state index contributed by atoms with van der Waals surface area (Å²) in [7, 11) is 0. The van der Waals surface area contributed by atoms with Crippen molar-refractivity contribution in [3.05, 3.63) is 0 Å². The lowest BCUT2D eigenvalue weighted by Gasteiger charge is -2.14. The van der Waals surface area contributed by atoms with Crippen LogP contribution in [0.15, 0.2) is 0 Å². The number of hydrogen-bond donors (Lipinski definition) is 3. The fraction of sp³-hybridized carbons (Fsp3) is 0.857. The molecule has 0 bridgehead atoms. The molecule has 1 aliphatic rings. The maximum absolute atomic E-state index is 11.7. The van der Waals surface area contributed by atoms with Crippen LogP contribution in [0.3, 0.4) is 0 Å². The number of urea groups is 1. The van der Waals surface area contributed by atoms with Crippen LogP contribution < -0.4 is 10.6 Å².